The van der Waals surface area contributed by atoms with Crippen LogP contribution in [0.3, 0.4) is 0 Å². The second kappa shape index (κ2) is 7.20. The molecule has 0 saturated carbocycles. The number of fused-ring (bicyclic) bond motifs is 1. The van der Waals surface area contributed by atoms with Gasteiger partial charge < -0.3 is 9.63 Å². The Morgan fingerprint density at radius 1 is 1.21 bits per heavy atom. The van der Waals surface area contributed by atoms with Gasteiger partial charge in [-0.15, -0.1) is 0 Å². The highest BCUT2D eigenvalue weighted by Gasteiger charge is 2.23. The van der Waals surface area contributed by atoms with Crippen LogP contribution in [0.1, 0.15) is 17.0 Å². The molecule has 0 aliphatic carbocycles. The summed E-state index contributed by atoms with van der Waals surface area (Å²) in [7, 11) is -3.87. The van der Waals surface area contributed by atoms with Crippen molar-refractivity contribution in [1.82, 2.24) is 14.1 Å². The van der Waals surface area contributed by atoms with Gasteiger partial charge in [-0.25, -0.2) is 12.4 Å². The maximum Gasteiger partial charge on any atom is 0.268 e. The predicted octanol–water partition coefficient (Wildman–Crippen LogP) is 2.89. The molecule has 0 amide bonds. The van der Waals surface area contributed by atoms with Gasteiger partial charge in [0.15, 0.2) is 0 Å². The van der Waals surface area contributed by atoms with E-state index in [1.54, 1.807) is 37.4 Å². The van der Waals surface area contributed by atoms with E-state index in [-0.39, 0.29) is 11.5 Å². The zero-order valence-corrected chi connectivity index (χ0v) is 16.6. The molecule has 0 unspecified atom stereocenters. The fourth-order valence-corrected chi connectivity index (χ4v) is 4.61. The number of aryl methyl sites for hydroxylation is 2. The Morgan fingerprint density at radius 3 is 2.62 bits per heavy atom. The van der Waals surface area contributed by atoms with E-state index >= 15 is 0 Å². The lowest BCUT2D eigenvalue weighted by Crippen LogP contribution is -2.11. The molecule has 0 spiro atoms. The van der Waals surface area contributed by atoms with Crippen molar-refractivity contribution >= 4 is 21.1 Å². The van der Waals surface area contributed by atoms with Gasteiger partial charge in [0.1, 0.15) is 17.9 Å². The van der Waals surface area contributed by atoms with Crippen LogP contribution in [-0.2, 0) is 10.0 Å². The van der Waals surface area contributed by atoms with Gasteiger partial charge in [-0.3, -0.25) is 4.98 Å². The van der Waals surface area contributed by atoms with Crippen LogP contribution < -0.4 is 0 Å². The molecule has 1 N–H and O–H groups in total. The second-order valence-corrected chi connectivity index (χ2v) is 8.22. The van der Waals surface area contributed by atoms with Crippen LogP contribution in [0.5, 0.6) is 0 Å². The van der Waals surface area contributed by atoms with E-state index < -0.39 is 10.0 Å². The Labute approximate surface area is 167 Å². The van der Waals surface area contributed by atoms with Crippen molar-refractivity contribution in [2.45, 2.75) is 18.7 Å². The van der Waals surface area contributed by atoms with E-state index in [1.807, 2.05) is 6.92 Å². The number of pyridine rings is 1. The standard InChI is InChI=1S/C21H17N3O4S/c1-14-20(15(2)28-23-14)17-11-19-21(22-12-17)16(7-6-10-25)13-24(19)29(26,27)18-8-4-3-5-9-18/h3-5,8-9,11-13,25H,10H2,1-2H3. The molecular formula is C21H17N3O4S. The second-order valence-electron chi connectivity index (χ2n) is 6.41. The van der Waals surface area contributed by atoms with E-state index in [2.05, 4.69) is 22.0 Å². The van der Waals surface area contributed by atoms with Gasteiger partial charge >= 0.3 is 0 Å². The summed E-state index contributed by atoms with van der Waals surface area (Å²) in [6.45, 7) is 3.26. The topological polar surface area (TPSA) is 98.2 Å². The lowest BCUT2D eigenvalue weighted by Gasteiger charge is -2.08. The first kappa shape index (κ1) is 18.9. The maximum atomic E-state index is 13.3. The highest BCUT2D eigenvalue weighted by Crippen LogP contribution is 2.31. The molecule has 8 heteroatoms. The first-order valence-electron chi connectivity index (χ1n) is 8.78. The molecule has 0 aliphatic heterocycles. The van der Waals surface area contributed by atoms with E-state index in [0.717, 1.165) is 5.56 Å². The van der Waals surface area contributed by atoms with E-state index in [0.29, 0.717) is 33.6 Å². The van der Waals surface area contributed by atoms with Crippen molar-refractivity contribution < 1.29 is 18.0 Å². The molecule has 0 atom stereocenters. The van der Waals surface area contributed by atoms with Gasteiger partial charge in [-0.05, 0) is 32.0 Å². The third kappa shape index (κ3) is 3.20. The number of aromatic nitrogens is 3. The van der Waals surface area contributed by atoms with Crippen LogP contribution >= 0.6 is 0 Å². The van der Waals surface area contributed by atoms with E-state index in [1.165, 1.54) is 22.3 Å². The van der Waals surface area contributed by atoms with Gasteiger partial charge in [0.2, 0.25) is 0 Å². The largest absolute Gasteiger partial charge is 0.384 e. The third-order valence-electron chi connectivity index (χ3n) is 4.53. The average molecular weight is 407 g/mol. The van der Waals surface area contributed by atoms with Gasteiger partial charge in [0.05, 0.1) is 21.7 Å². The fourth-order valence-electron chi connectivity index (χ4n) is 3.24. The number of rotatable bonds is 3. The summed E-state index contributed by atoms with van der Waals surface area (Å²) in [5, 5.41) is 13.0. The van der Waals surface area contributed by atoms with Crippen molar-refractivity contribution in [1.29, 1.82) is 0 Å². The number of benzene rings is 1. The zero-order valence-electron chi connectivity index (χ0n) is 15.7. The molecule has 4 rings (SSSR count). The average Bonchev–Trinajstić information content (AvgIpc) is 3.26. The van der Waals surface area contributed by atoms with Crippen LogP contribution in [0.4, 0.5) is 0 Å². The Bertz CT molecular complexity index is 1350. The normalized spacial score (nSPS) is 11.4. The first-order valence-corrected chi connectivity index (χ1v) is 10.2. The number of aliphatic hydroxyl groups excluding tert-OH is 1. The maximum absolute atomic E-state index is 13.3. The van der Waals surface area contributed by atoms with Gasteiger partial charge in [-0.1, -0.05) is 35.2 Å². The minimum Gasteiger partial charge on any atom is -0.384 e. The highest BCUT2D eigenvalue weighted by atomic mass is 32.2. The quantitative estimate of drug-likeness (QED) is 0.525. The summed E-state index contributed by atoms with van der Waals surface area (Å²) >= 11 is 0. The molecule has 3 aromatic heterocycles. The molecular weight excluding hydrogens is 390 g/mol. The molecule has 0 bridgehead atoms. The lowest BCUT2D eigenvalue weighted by atomic mass is 10.1. The Kier molecular flexibility index (Phi) is 4.70. The fraction of sp³-hybridized carbons (Fsp3) is 0.143. The zero-order chi connectivity index (χ0) is 20.6. The highest BCUT2D eigenvalue weighted by molar-refractivity contribution is 7.90. The SMILES string of the molecule is Cc1noc(C)c1-c1cnc2c(C#CCO)cn(S(=O)(=O)c3ccccc3)c2c1. The van der Waals surface area contributed by atoms with Crippen molar-refractivity contribution in [3.8, 4) is 23.0 Å². The summed E-state index contributed by atoms with van der Waals surface area (Å²) in [4.78, 5) is 4.62. The third-order valence-corrected chi connectivity index (χ3v) is 6.22. The molecule has 0 fully saturated rings. The van der Waals surface area contributed by atoms with Crippen LogP contribution in [0.25, 0.3) is 22.2 Å². The molecule has 4 aromatic rings. The van der Waals surface area contributed by atoms with E-state index in [4.69, 9.17) is 9.63 Å². The van der Waals surface area contributed by atoms with Gasteiger partial charge in [0.25, 0.3) is 10.0 Å². The van der Waals surface area contributed by atoms with Crippen LogP contribution in [0.2, 0.25) is 0 Å². The van der Waals surface area contributed by atoms with E-state index in [9.17, 15) is 8.42 Å². The molecule has 146 valence electrons. The molecule has 0 radical (unpaired) electrons. The molecule has 7 nitrogen and oxygen atoms in total. The molecule has 29 heavy (non-hydrogen) atoms. The lowest BCUT2D eigenvalue weighted by molar-refractivity contribution is 0.350. The molecule has 3 heterocycles. The monoisotopic (exact) mass is 407 g/mol. The van der Waals surface area contributed by atoms with Gasteiger partial charge in [0, 0.05) is 23.5 Å². The minimum atomic E-state index is -3.87. The van der Waals surface area contributed by atoms with Crippen molar-refractivity contribution in [3.05, 3.63) is 65.8 Å². The smallest absolute Gasteiger partial charge is 0.268 e. The number of nitrogens with zero attached hydrogens (tertiary/aromatic N) is 3. The number of aliphatic hydroxyl groups is 1. The van der Waals surface area contributed by atoms with Gasteiger partial charge in [-0.2, -0.15) is 0 Å². The molecule has 0 saturated heterocycles. The first-order chi connectivity index (χ1) is 13.9. The van der Waals surface area contributed by atoms with Crippen LogP contribution in [-0.4, -0.2) is 34.2 Å². The Hall–Kier alpha value is -3.41. The Morgan fingerprint density at radius 2 is 1.97 bits per heavy atom. The Balaban J connectivity index is 2.02. The van der Waals surface area contributed by atoms with Crippen molar-refractivity contribution in [2.24, 2.45) is 0 Å². The number of hydrogen-bond acceptors (Lipinski definition) is 6. The summed E-state index contributed by atoms with van der Waals surface area (Å²) < 4.78 is 33.0. The molecule has 1 aromatic carbocycles. The van der Waals surface area contributed by atoms with Crippen molar-refractivity contribution in [2.75, 3.05) is 6.61 Å². The van der Waals surface area contributed by atoms with Crippen molar-refractivity contribution in [3.63, 3.8) is 0 Å². The summed E-state index contributed by atoms with van der Waals surface area (Å²) in [5.41, 5.74) is 3.38. The summed E-state index contributed by atoms with van der Waals surface area (Å²) in [5.74, 6) is 5.95. The van der Waals surface area contributed by atoms with Crippen LogP contribution in [0, 0.1) is 25.7 Å². The minimum absolute atomic E-state index is 0.154. The summed E-state index contributed by atoms with van der Waals surface area (Å²) in [6.07, 6.45) is 3.07. The number of hydrogen-bond donors (Lipinski definition) is 1. The summed E-state index contributed by atoms with van der Waals surface area (Å²) in [6, 6.07) is 9.89. The predicted molar refractivity (Wildman–Crippen MR) is 108 cm³/mol. The van der Waals surface area contributed by atoms with Crippen LogP contribution in [0.15, 0.2) is 58.2 Å². The molecule has 0 aliphatic rings.